The first-order valence-electron chi connectivity index (χ1n) is 4.65. The number of hydrogen-bond acceptors (Lipinski definition) is 0. The molecule has 1 heterocycles. The molecule has 1 saturated heterocycles. The molecule has 0 spiro atoms. The summed E-state index contributed by atoms with van der Waals surface area (Å²) in [6.45, 7) is 16.6. The number of rotatable bonds is 4. The van der Waals surface area contributed by atoms with Gasteiger partial charge in [0.15, 0.2) is 5.70 Å². The van der Waals surface area contributed by atoms with Gasteiger partial charge < -0.3 is 0 Å². The second kappa shape index (κ2) is 3.73. The molecule has 13 heavy (non-hydrogen) atoms. The van der Waals surface area contributed by atoms with Gasteiger partial charge in [0.05, 0.1) is 5.41 Å². The van der Waals surface area contributed by atoms with Crippen molar-refractivity contribution in [1.29, 1.82) is 0 Å². The Morgan fingerprint density at radius 3 is 2.15 bits per heavy atom. The van der Waals surface area contributed by atoms with Crippen LogP contribution in [0.15, 0.2) is 37.6 Å². The van der Waals surface area contributed by atoms with Crippen molar-refractivity contribution in [3.63, 3.8) is 0 Å². The van der Waals surface area contributed by atoms with Gasteiger partial charge in [-0.2, -0.15) is 0 Å². The van der Waals surface area contributed by atoms with Gasteiger partial charge in [-0.1, -0.05) is 12.2 Å². The van der Waals surface area contributed by atoms with Crippen LogP contribution >= 0.6 is 0 Å². The molecular weight excluding hydrogens is 158 g/mol. The number of nitrogens with zero attached hydrogens (tertiary/aromatic N) is 1. The van der Waals surface area contributed by atoms with E-state index in [1.165, 1.54) is 0 Å². The minimum Gasteiger partial charge on any atom is -0.209 e. The fraction of sp³-hybridized carbons (Fsp3) is 0.417. The largest absolute Gasteiger partial charge is 0.209 e. The fourth-order valence-electron chi connectivity index (χ4n) is 2.04. The van der Waals surface area contributed by atoms with E-state index in [-0.39, 0.29) is 5.41 Å². The maximum absolute atomic E-state index is 4.09. The summed E-state index contributed by atoms with van der Waals surface area (Å²) in [6, 6.07) is 0. The second-order valence-corrected chi connectivity index (χ2v) is 3.73. The van der Waals surface area contributed by atoms with Gasteiger partial charge in [0.2, 0.25) is 0 Å². The van der Waals surface area contributed by atoms with Crippen LogP contribution in [0.25, 0.3) is 0 Å². The van der Waals surface area contributed by atoms with Crippen molar-refractivity contribution in [3.05, 3.63) is 37.6 Å². The van der Waals surface area contributed by atoms with E-state index in [0.29, 0.717) is 0 Å². The molecule has 1 rings (SSSR count). The Balaban J connectivity index is 2.90. The summed E-state index contributed by atoms with van der Waals surface area (Å²) in [5.41, 5.74) is 1.29. The maximum atomic E-state index is 4.09. The summed E-state index contributed by atoms with van der Waals surface area (Å²) < 4.78 is 1.99. The average molecular weight is 176 g/mol. The highest BCUT2D eigenvalue weighted by molar-refractivity contribution is 5.21. The van der Waals surface area contributed by atoms with Gasteiger partial charge >= 0.3 is 0 Å². The van der Waals surface area contributed by atoms with Crippen molar-refractivity contribution in [3.8, 4) is 0 Å². The second-order valence-electron chi connectivity index (χ2n) is 3.73. The first-order valence-corrected chi connectivity index (χ1v) is 4.65. The molecule has 0 bridgehead atoms. The van der Waals surface area contributed by atoms with Crippen LogP contribution < -0.4 is 0 Å². The van der Waals surface area contributed by atoms with Crippen LogP contribution in [0, 0.1) is 5.41 Å². The zero-order chi connectivity index (χ0) is 9.90. The van der Waals surface area contributed by atoms with Crippen LogP contribution in [0.1, 0.15) is 19.3 Å². The molecule has 0 unspecified atom stereocenters. The van der Waals surface area contributed by atoms with E-state index >= 15 is 0 Å². The Morgan fingerprint density at radius 2 is 1.85 bits per heavy atom. The molecule has 0 aromatic rings. The van der Waals surface area contributed by atoms with Crippen molar-refractivity contribution < 1.29 is 4.58 Å². The van der Waals surface area contributed by atoms with Crippen LogP contribution in [0.5, 0.6) is 0 Å². The molecule has 0 amide bonds. The molecule has 0 N–H and O–H groups in total. The van der Waals surface area contributed by atoms with E-state index in [0.717, 1.165) is 31.5 Å². The molecule has 0 aliphatic carbocycles. The van der Waals surface area contributed by atoms with Gasteiger partial charge in [0, 0.05) is 6.42 Å². The highest BCUT2D eigenvalue weighted by Gasteiger charge is 2.43. The molecule has 1 aliphatic rings. The Morgan fingerprint density at radius 1 is 1.31 bits per heavy atom. The van der Waals surface area contributed by atoms with Crippen LogP contribution in [-0.2, 0) is 0 Å². The summed E-state index contributed by atoms with van der Waals surface area (Å²) in [7, 11) is 0. The Hall–Kier alpha value is -1.11. The summed E-state index contributed by atoms with van der Waals surface area (Å²) in [5, 5.41) is 0. The minimum atomic E-state index is 0.158. The van der Waals surface area contributed by atoms with Crippen LogP contribution in [0.4, 0.5) is 0 Å². The number of hydrogen-bond donors (Lipinski definition) is 0. The van der Waals surface area contributed by atoms with Gasteiger partial charge in [0.1, 0.15) is 13.3 Å². The summed E-state index contributed by atoms with van der Waals surface area (Å²) in [6.07, 6.45) is 7.00. The van der Waals surface area contributed by atoms with Crippen molar-refractivity contribution in [2.45, 2.75) is 19.3 Å². The van der Waals surface area contributed by atoms with Crippen LogP contribution in [0.3, 0.4) is 0 Å². The maximum Gasteiger partial charge on any atom is 0.180 e. The third-order valence-electron chi connectivity index (χ3n) is 2.92. The van der Waals surface area contributed by atoms with E-state index in [2.05, 4.69) is 26.5 Å². The van der Waals surface area contributed by atoms with Gasteiger partial charge in [-0.15, -0.1) is 13.2 Å². The van der Waals surface area contributed by atoms with Gasteiger partial charge in [-0.05, 0) is 19.4 Å². The standard InChI is InChI=1S/C12H18N/c1-5-7-12(8-6-2)9-10-13(4)11(12)3/h5-6H,1-4,7-10H2/q+1. The van der Waals surface area contributed by atoms with Crippen LogP contribution in [0.2, 0.25) is 0 Å². The Labute approximate surface area is 80.8 Å². The first kappa shape index (κ1) is 9.97. The van der Waals surface area contributed by atoms with Crippen LogP contribution in [-0.4, -0.2) is 17.8 Å². The summed E-state index contributed by atoms with van der Waals surface area (Å²) in [4.78, 5) is 0. The quantitative estimate of drug-likeness (QED) is 0.457. The van der Waals surface area contributed by atoms with Crippen molar-refractivity contribution >= 4 is 6.72 Å². The molecule has 0 atom stereocenters. The Kier molecular flexibility index (Phi) is 2.86. The normalized spacial score (nSPS) is 20.3. The molecule has 0 radical (unpaired) electrons. The van der Waals surface area contributed by atoms with Gasteiger partial charge in [-0.3, -0.25) is 0 Å². The summed E-state index contributed by atoms with van der Waals surface area (Å²) >= 11 is 0. The highest BCUT2D eigenvalue weighted by atomic mass is 15.0. The van der Waals surface area contributed by atoms with E-state index in [4.69, 9.17) is 0 Å². The van der Waals surface area contributed by atoms with E-state index in [9.17, 15) is 0 Å². The molecule has 1 heteroatoms. The van der Waals surface area contributed by atoms with Crippen molar-refractivity contribution in [2.75, 3.05) is 6.54 Å². The highest BCUT2D eigenvalue weighted by Crippen LogP contribution is 2.43. The third-order valence-corrected chi connectivity index (χ3v) is 2.92. The zero-order valence-corrected chi connectivity index (χ0v) is 8.26. The lowest BCUT2D eigenvalue weighted by Gasteiger charge is -2.21. The van der Waals surface area contributed by atoms with Crippen molar-refractivity contribution in [2.24, 2.45) is 5.41 Å². The summed E-state index contributed by atoms with van der Waals surface area (Å²) in [5.74, 6) is 0. The smallest absolute Gasteiger partial charge is 0.180 e. The molecular formula is C12H18N+. The lowest BCUT2D eigenvalue weighted by molar-refractivity contribution is -0.453. The predicted octanol–water partition coefficient (Wildman–Crippen LogP) is 2.76. The minimum absolute atomic E-state index is 0.158. The van der Waals surface area contributed by atoms with Gasteiger partial charge in [0.25, 0.3) is 0 Å². The fourth-order valence-corrected chi connectivity index (χ4v) is 2.04. The third kappa shape index (κ3) is 1.64. The topological polar surface area (TPSA) is 3.01 Å². The molecule has 0 aromatic carbocycles. The predicted molar refractivity (Wildman–Crippen MR) is 58.1 cm³/mol. The molecule has 1 aliphatic heterocycles. The number of allylic oxidation sites excluding steroid dienone is 3. The zero-order valence-electron chi connectivity index (χ0n) is 8.26. The molecule has 70 valence electrons. The molecule has 0 saturated carbocycles. The van der Waals surface area contributed by atoms with Gasteiger partial charge in [-0.25, -0.2) is 4.58 Å². The lowest BCUT2D eigenvalue weighted by Crippen LogP contribution is -2.18. The Bertz CT molecular complexity index is 250. The lowest BCUT2D eigenvalue weighted by atomic mass is 9.78. The SMILES string of the molecule is C=CCC1(CC=C)CC[N+](=C)C1=C. The van der Waals surface area contributed by atoms with E-state index < -0.39 is 0 Å². The molecule has 1 nitrogen and oxygen atoms in total. The average Bonchev–Trinajstić information content (AvgIpc) is 2.36. The molecule has 0 aromatic heterocycles. The van der Waals surface area contributed by atoms with Crippen molar-refractivity contribution in [1.82, 2.24) is 0 Å². The van der Waals surface area contributed by atoms with E-state index in [1.807, 2.05) is 16.7 Å². The van der Waals surface area contributed by atoms with E-state index in [1.54, 1.807) is 0 Å². The molecule has 1 fully saturated rings. The monoisotopic (exact) mass is 176 g/mol. The first-order chi connectivity index (χ1) is 6.16.